The lowest BCUT2D eigenvalue weighted by Crippen LogP contribution is -2.41. The van der Waals surface area contributed by atoms with Gasteiger partial charge in [-0.1, -0.05) is 17.3 Å². The fourth-order valence-corrected chi connectivity index (χ4v) is 3.96. The van der Waals surface area contributed by atoms with Crippen molar-refractivity contribution in [3.8, 4) is 22.9 Å². The van der Waals surface area contributed by atoms with Gasteiger partial charge in [-0.3, -0.25) is 9.59 Å². The van der Waals surface area contributed by atoms with Gasteiger partial charge in [-0.25, -0.2) is 0 Å². The molecule has 1 aliphatic heterocycles. The van der Waals surface area contributed by atoms with Crippen LogP contribution in [0.4, 0.5) is 5.69 Å². The van der Waals surface area contributed by atoms with Crippen molar-refractivity contribution < 1.29 is 23.6 Å². The number of carbonyl (C=O) groups is 2. The summed E-state index contributed by atoms with van der Waals surface area (Å²) in [5.74, 6) is 2.11. The van der Waals surface area contributed by atoms with Crippen LogP contribution in [0.3, 0.4) is 0 Å². The number of ether oxygens (including phenoxy) is 2. The molecule has 0 bridgehead atoms. The topological polar surface area (TPSA) is 107 Å². The Balaban J connectivity index is 1.24. The number of benzene rings is 2. The van der Waals surface area contributed by atoms with E-state index in [1.807, 2.05) is 42.5 Å². The molecule has 1 aliphatic rings. The van der Waals surface area contributed by atoms with E-state index in [0.717, 1.165) is 11.3 Å². The van der Waals surface area contributed by atoms with Gasteiger partial charge in [-0.2, -0.15) is 4.98 Å². The molecule has 178 valence electrons. The summed E-state index contributed by atoms with van der Waals surface area (Å²) >= 11 is 0. The molecule has 4 rings (SSSR count). The molecule has 0 radical (unpaired) electrons. The molecule has 1 aromatic heterocycles. The van der Waals surface area contributed by atoms with E-state index in [1.54, 1.807) is 25.2 Å². The Kier molecular flexibility index (Phi) is 7.41. The quantitative estimate of drug-likeness (QED) is 0.543. The molecule has 34 heavy (non-hydrogen) atoms. The van der Waals surface area contributed by atoms with Crippen LogP contribution in [-0.4, -0.2) is 54.2 Å². The molecule has 2 heterocycles. The number of rotatable bonds is 8. The van der Waals surface area contributed by atoms with Gasteiger partial charge in [-0.15, -0.1) is 0 Å². The number of hydrogen-bond donors (Lipinski definition) is 1. The molecule has 0 spiro atoms. The zero-order valence-corrected chi connectivity index (χ0v) is 19.3. The average Bonchev–Trinajstić information content (AvgIpc) is 3.37. The summed E-state index contributed by atoms with van der Waals surface area (Å²) in [4.78, 5) is 31.5. The highest BCUT2D eigenvalue weighted by Crippen LogP contribution is 2.26. The normalized spacial score (nSPS) is 14.0. The van der Waals surface area contributed by atoms with Crippen LogP contribution in [0.5, 0.6) is 11.5 Å². The average molecular weight is 465 g/mol. The molecular weight excluding hydrogens is 436 g/mol. The summed E-state index contributed by atoms with van der Waals surface area (Å²) in [6.07, 6.45) is 1.89. The summed E-state index contributed by atoms with van der Waals surface area (Å²) in [5.41, 5.74) is 1.47. The number of anilines is 1. The van der Waals surface area contributed by atoms with Crippen LogP contribution in [0.15, 0.2) is 53.1 Å². The van der Waals surface area contributed by atoms with Gasteiger partial charge in [0.05, 0.1) is 19.9 Å². The standard InChI is InChI=1S/C25H28N4O5/c1-32-19-9-7-17(8-10-19)24-27-22(34-28-24)11-12-23(30)29-15-13-18(14-16-29)25(31)26-20-5-3-4-6-21(20)33-2/h3-10,18H,11-16H2,1-2H3,(H,26,31). The number of methoxy groups -OCH3 is 2. The SMILES string of the molecule is COc1ccc(-c2noc(CCC(=O)N3CCC(C(=O)Nc4ccccc4OC)CC3)n2)cc1. The fourth-order valence-electron chi connectivity index (χ4n) is 3.96. The summed E-state index contributed by atoms with van der Waals surface area (Å²) in [6, 6.07) is 14.7. The van der Waals surface area contributed by atoms with E-state index in [2.05, 4.69) is 15.5 Å². The number of nitrogens with zero attached hydrogens (tertiary/aromatic N) is 3. The molecule has 0 aliphatic carbocycles. The predicted molar refractivity (Wildman–Crippen MR) is 126 cm³/mol. The Morgan fingerprint density at radius 3 is 2.50 bits per heavy atom. The zero-order valence-electron chi connectivity index (χ0n) is 19.3. The number of aromatic nitrogens is 2. The third kappa shape index (κ3) is 5.54. The van der Waals surface area contributed by atoms with Crippen LogP contribution in [0.25, 0.3) is 11.4 Å². The van der Waals surface area contributed by atoms with Crippen LogP contribution in [0.1, 0.15) is 25.2 Å². The number of aryl methyl sites for hydroxylation is 1. The minimum Gasteiger partial charge on any atom is -0.497 e. The first-order valence-corrected chi connectivity index (χ1v) is 11.3. The van der Waals surface area contributed by atoms with Crippen molar-refractivity contribution in [1.29, 1.82) is 0 Å². The van der Waals surface area contributed by atoms with Crippen molar-refractivity contribution in [2.45, 2.75) is 25.7 Å². The van der Waals surface area contributed by atoms with Gasteiger partial charge < -0.3 is 24.2 Å². The molecule has 0 saturated carbocycles. The lowest BCUT2D eigenvalue weighted by Gasteiger charge is -2.31. The maximum atomic E-state index is 12.7. The lowest BCUT2D eigenvalue weighted by molar-refractivity contribution is -0.134. The molecule has 1 saturated heterocycles. The van der Waals surface area contributed by atoms with E-state index in [4.69, 9.17) is 14.0 Å². The minimum absolute atomic E-state index is 0.0211. The first-order valence-electron chi connectivity index (χ1n) is 11.3. The zero-order chi connectivity index (χ0) is 23.9. The van der Waals surface area contributed by atoms with Gasteiger partial charge in [0, 0.05) is 37.4 Å². The van der Waals surface area contributed by atoms with Crippen molar-refractivity contribution in [2.24, 2.45) is 5.92 Å². The molecule has 2 amide bonds. The highest BCUT2D eigenvalue weighted by molar-refractivity contribution is 5.94. The molecule has 9 nitrogen and oxygen atoms in total. The Labute approximate surface area is 198 Å². The first-order chi connectivity index (χ1) is 16.6. The van der Waals surface area contributed by atoms with Crippen LogP contribution >= 0.6 is 0 Å². The number of likely N-dealkylation sites (tertiary alicyclic amines) is 1. The Hall–Kier alpha value is -3.88. The number of nitrogens with one attached hydrogen (secondary N) is 1. The van der Waals surface area contributed by atoms with Crippen LogP contribution in [0.2, 0.25) is 0 Å². The second-order valence-corrected chi connectivity index (χ2v) is 8.08. The fraction of sp³-hybridized carbons (Fsp3) is 0.360. The van der Waals surface area contributed by atoms with Crippen LogP contribution in [-0.2, 0) is 16.0 Å². The van der Waals surface area contributed by atoms with Gasteiger partial charge >= 0.3 is 0 Å². The second-order valence-electron chi connectivity index (χ2n) is 8.08. The van der Waals surface area contributed by atoms with Crippen molar-refractivity contribution in [3.63, 3.8) is 0 Å². The molecular formula is C25H28N4O5. The Bertz CT molecular complexity index is 1120. The molecule has 2 aromatic carbocycles. The molecule has 0 atom stereocenters. The van der Waals surface area contributed by atoms with E-state index in [1.165, 1.54) is 0 Å². The molecule has 9 heteroatoms. The summed E-state index contributed by atoms with van der Waals surface area (Å²) < 4.78 is 15.8. The smallest absolute Gasteiger partial charge is 0.227 e. The number of para-hydroxylation sites is 2. The van der Waals surface area contributed by atoms with Crippen molar-refractivity contribution in [1.82, 2.24) is 15.0 Å². The molecule has 1 N–H and O–H groups in total. The van der Waals surface area contributed by atoms with E-state index in [0.29, 0.717) is 55.5 Å². The van der Waals surface area contributed by atoms with Crippen LogP contribution < -0.4 is 14.8 Å². The number of hydrogen-bond acceptors (Lipinski definition) is 7. The third-order valence-corrected chi connectivity index (χ3v) is 5.95. The van der Waals surface area contributed by atoms with Crippen LogP contribution in [0, 0.1) is 5.92 Å². The van der Waals surface area contributed by atoms with Crippen molar-refractivity contribution in [2.75, 3.05) is 32.6 Å². The monoisotopic (exact) mass is 464 g/mol. The maximum Gasteiger partial charge on any atom is 0.227 e. The molecule has 3 aromatic rings. The van der Waals surface area contributed by atoms with Crippen molar-refractivity contribution >= 4 is 17.5 Å². The molecule has 1 fully saturated rings. The van der Waals surface area contributed by atoms with Gasteiger partial charge in [0.25, 0.3) is 0 Å². The van der Waals surface area contributed by atoms with Gasteiger partial charge in [0.2, 0.25) is 23.5 Å². The second kappa shape index (κ2) is 10.8. The van der Waals surface area contributed by atoms with E-state index >= 15 is 0 Å². The molecule has 0 unspecified atom stereocenters. The minimum atomic E-state index is -0.142. The predicted octanol–water partition coefficient (Wildman–Crippen LogP) is 3.56. The Morgan fingerprint density at radius 1 is 1.06 bits per heavy atom. The third-order valence-electron chi connectivity index (χ3n) is 5.95. The summed E-state index contributed by atoms with van der Waals surface area (Å²) in [6.45, 7) is 1.09. The van der Waals surface area contributed by atoms with E-state index in [9.17, 15) is 9.59 Å². The van der Waals surface area contributed by atoms with Crippen molar-refractivity contribution in [3.05, 3.63) is 54.4 Å². The first kappa shape index (κ1) is 23.3. The highest BCUT2D eigenvalue weighted by Gasteiger charge is 2.28. The van der Waals surface area contributed by atoms with Gasteiger partial charge in [0.1, 0.15) is 11.5 Å². The number of carbonyl (C=O) groups excluding carboxylic acids is 2. The Morgan fingerprint density at radius 2 is 1.79 bits per heavy atom. The highest BCUT2D eigenvalue weighted by atomic mass is 16.5. The largest absolute Gasteiger partial charge is 0.497 e. The van der Waals surface area contributed by atoms with E-state index in [-0.39, 0.29) is 24.2 Å². The van der Waals surface area contributed by atoms with Gasteiger partial charge in [-0.05, 0) is 49.2 Å². The lowest BCUT2D eigenvalue weighted by atomic mass is 9.95. The summed E-state index contributed by atoms with van der Waals surface area (Å²) in [5, 5.41) is 6.95. The number of amides is 2. The van der Waals surface area contributed by atoms with E-state index < -0.39 is 0 Å². The van der Waals surface area contributed by atoms with Gasteiger partial charge in [0.15, 0.2) is 0 Å². The number of piperidine rings is 1. The maximum absolute atomic E-state index is 12.7. The summed E-state index contributed by atoms with van der Waals surface area (Å²) in [7, 11) is 3.18.